The van der Waals surface area contributed by atoms with Crippen LogP contribution in [0.25, 0.3) is 0 Å². The molecule has 2 unspecified atom stereocenters. The average molecular weight is 341 g/mol. The highest BCUT2D eigenvalue weighted by atomic mass is 32.2. The monoisotopic (exact) mass is 340 g/mol. The van der Waals surface area contributed by atoms with Gasteiger partial charge in [-0.15, -0.1) is 23.5 Å². The number of aromatic nitrogens is 2. The molecule has 2 atom stereocenters. The topological polar surface area (TPSA) is 17.8 Å². The van der Waals surface area contributed by atoms with E-state index in [0.29, 0.717) is 4.08 Å². The van der Waals surface area contributed by atoms with Crippen LogP contribution in [0.3, 0.4) is 0 Å². The molecule has 0 bridgehead atoms. The first-order valence-corrected chi connectivity index (χ1v) is 10.9. The van der Waals surface area contributed by atoms with Gasteiger partial charge in [-0.05, 0) is 12.8 Å². The third-order valence-corrected chi connectivity index (χ3v) is 8.33. The molecule has 1 aromatic rings. The summed E-state index contributed by atoms with van der Waals surface area (Å²) >= 11 is 4.46. The summed E-state index contributed by atoms with van der Waals surface area (Å²) in [5.74, 6) is 1.32. The van der Waals surface area contributed by atoms with E-state index in [-0.39, 0.29) is 0 Å². The van der Waals surface area contributed by atoms with Gasteiger partial charge in [-0.1, -0.05) is 58.8 Å². The van der Waals surface area contributed by atoms with Gasteiger partial charge in [0.25, 0.3) is 0 Å². The van der Waals surface area contributed by atoms with E-state index in [0.717, 1.165) is 11.8 Å². The van der Waals surface area contributed by atoms with Gasteiger partial charge in [0.1, 0.15) is 0 Å². The number of nitrogens with zero attached hydrogens (tertiary/aromatic N) is 2. The van der Waals surface area contributed by atoms with E-state index >= 15 is 0 Å². The fourth-order valence-electron chi connectivity index (χ4n) is 3.16. The van der Waals surface area contributed by atoms with Crippen LogP contribution in [0.15, 0.2) is 18.7 Å². The number of unbranched alkanes of at least 4 members (excludes halogenated alkanes) is 6. The molecule has 0 radical (unpaired) electrons. The minimum Gasteiger partial charge on any atom is -0.337 e. The molecule has 1 aliphatic heterocycles. The van der Waals surface area contributed by atoms with Gasteiger partial charge in [0, 0.05) is 29.9 Å². The van der Waals surface area contributed by atoms with E-state index in [1.165, 1.54) is 63.5 Å². The van der Waals surface area contributed by atoms with Crippen molar-refractivity contribution in [2.45, 2.75) is 87.5 Å². The smallest absolute Gasteiger partial charge is 0.0945 e. The van der Waals surface area contributed by atoms with Crippen LogP contribution in [0.5, 0.6) is 0 Å². The zero-order valence-corrected chi connectivity index (χ0v) is 15.9. The second-order valence-electron chi connectivity index (χ2n) is 6.57. The third kappa shape index (κ3) is 6.19. The Morgan fingerprint density at radius 1 is 1.14 bits per heavy atom. The molecule has 0 amide bonds. The Morgan fingerprint density at radius 3 is 2.55 bits per heavy atom. The quantitative estimate of drug-likeness (QED) is 0.462. The molecule has 0 spiro atoms. The zero-order chi connectivity index (χ0) is 15.7. The molecule has 0 aromatic carbocycles. The van der Waals surface area contributed by atoms with E-state index in [1.54, 1.807) is 0 Å². The first-order chi connectivity index (χ1) is 10.7. The number of imidazole rings is 1. The summed E-state index contributed by atoms with van der Waals surface area (Å²) < 4.78 is 2.70. The average Bonchev–Trinajstić information content (AvgIpc) is 3.15. The van der Waals surface area contributed by atoms with Gasteiger partial charge in [0.2, 0.25) is 0 Å². The summed E-state index contributed by atoms with van der Waals surface area (Å²) in [5, 5.41) is 0.817. The molecular formula is C18H32N2S2. The van der Waals surface area contributed by atoms with E-state index in [1.807, 2.05) is 12.5 Å². The van der Waals surface area contributed by atoms with Gasteiger partial charge in [-0.3, -0.25) is 0 Å². The van der Waals surface area contributed by atoms with Gasteiger partial charge >= 0.3 is 0 Å². The molecule has 1 saturated heterocycles. The lowest BCUT2D eigenvalue weighted by Crippen LogP contribution is -2.20. The van der Waals surface area contributed by atoms with E-state index < -0.39 is 0 Å². The molecular weight excluding hydrogens is 308 g/mol. The maximum Gasteiger partial charge on any atom is 0.0945 e. The molecule has 0 aliphatic carbocycles. The minimum absolute atomic E-state index is 0.465. The normalized spacial score (nSPS) is 24.9. The van der Waals surface area contributed by atoms with Crippen molar-refractivity contribution in [3.8, 4) is 0 Å². The Hall–Kier alpha value is -0.0900. The van der Waals surface area contributed by atoms with Gasteiger partial charge in [-0.25, -0.2) is 4.98 Å². The van der Waals surface area contributed by atoms with Crippen molar-refractivity contribution in [3.05, 3.63) is 18.7 Å². The lowest BCUT2D eigenvalue weighted by atomic mass is 10.1. The summed E-state index contributed by atoms with van der Waals surface area (Å²) in [4.78, 5) is 4.17. The van der Waals surface area contributed by atoms with Crippen LogP contribution in [0, 0.1) is 0 Å². The fourth-order valence-corrected chi connectivity index (χ4v) is 6.87. The van der Waals surface area contributed by atoms with Crippen molar-refractivity contribution in [1.82, 2.24) is 9.55 Å². The maximum atomic E-state index is 4.17. The molecule has 2 heterocycles. The highest BCUT2D eigenvalue weighted by molar-refractivity contribution is 8.21. The first-order valence-electron chi connectivity index (χ1n) is 9.01. The highest BCUT2D eigenvalue weighted by Crippen LogP contribution is 2.53. The van der Waals surface area contributed by atoms with E-state index in [9.17, 15) is 0 Å². The maximum absolute atomic E-state index is 4.17. The molecule has 1 aromatic heterocycles. The lowest BCUT2D eigenvalue weighted by molar-refractivity contribution is 0.526. The van der Waals surface area contributed by atoms with Crippen molar-refractivity contribution < 1.29 is 0 Å². The lowest BCUT2D eigenvalue weighted by Gasteiger charge is -2.28. The summed E-state index contributed by atoms with van der Waals surface area (Å²) in [6.45, 7) is 5.80. The van der Waals surface area contributed by atoms with Gasteiger partial charge in [-0.2, -0.15) is 0 Å². The minimum atomic E-state index is 0.465. The van der Waals surface area contributed by atoms with Crippen molar-refractivity contribution >= 4 is 23.5 Å². The first kappa shape index (κ1) is 18.3. The van der Waals surface area contributed by atoms with E-state index in [2.05, 4.69) is 53.1 Å². The van der Waals surface area contributed by atoms with Crippen LogP contribution in [-0.4, -0.2) is 24.6 Å². The zero-order valence-electron chi connectivity index (χ0n) is 14.3. The second-order valence-corrected chi connectivity index (χ2v) is 10.1. The van der Waals surface area contributed by atoms with Gasteiger partial charge < -0.3 is 4.57 Å². The fraction of sp³-hybridized carbons (Fsp3) is 0.833. The predicted molar refractivity (Wildman–Crippen MR) is 102 cm³/mol. The molecule has 2 rings (SSSR count). The van der Waals surface area contributed by atoms with Gasteiger partial charge in [0.15, 0.2) is 0 Å². The summed E-state index contributed by atoms with van der Waals surface area (Å²) in [7, 11) is 0. The van der Waals surface area contributed by atoms with Crippen LogP contribution in [0.1, 0.15) is 71.6 Å². The van der Waals surface area contributed by atoms with Crippen LogP contribution in [-0.2, 0) is 6.54 Å². The predicted octanol–water partition coefficient (Wildman–Crippen LogP) is 5.98. The standard InChI is InChI=1S/C18H32N2S2/c1-3-4-5-6-7-8-9-10-18(21-15-17(2)22-18)11-13-20-14-12-19-16-20/h12,14,16-17H,3-11,13,15H2,1-2H3. The number of hydrogen-bond acceptors (Lipinski definition) is 3. The van der Waals surface area contributed by atoms with Crippen LogP contribution < -0.4 is 0 Å². The van der Waals surface area contributed by atoms with Crippen LogP contribution in [0.2, 0.25) is 0 Å². The Morgan fingerprint density at radius 2 is 1.91 bits per heavy atom. The SMILES string of the molecule is CCCCCCCCCC1(CCn2ccnc2)SCC(C)S1. The highest BCUT2D eigenvalue weighted by Gasteiger charge is 2.38. The molecule has 0 saturated carbocycles. The molecule has 1 fully saturated rings. The molecule has 22 heavy (non-hydrogen) atoms. The molecule has 1 aliphatic rings. The number of rotatable bonds is 11. The second kappa shape index (κ2) is 9.92. The van der Waals surface area contributed by atoms with Crippen molar-refractivity contribution in [2.75, 3.05) is 5.75 Å². The summed E-state index contributed by atoms with van der Waals surface area (Å²) in [5.41, 5.74) is 0. The molecule has 126 valence electrons. The number of aryl methyl sites for hydroxylation is 1. The van der Waals surface area contributed by atoms with Crippen molar-refractivity contribution in [1.29, 1.82) is 0 Å². The summed E-state index contributed by atoms with van der Waals surface area (Å²) in [6.07, 6.45) is 18.5. The molecule has 0 N–H and O–H groups in total. The Balaban J connectivity index is 1.69. The number of thioether (sulfide) groups is 2. The largest absolute Gasteiger partial charge is 0.337 e. The summed E-state index contributed by atoms with van der Waals surface area (Å²) in [6, 6.07) is 0. The van der Waals surface area contributed by atoms with E-state index in [4.69, 9.17) is 0 Å². The Labute approximate surface area is 145 Å². The molecule has 4 heteroatoms. The van der Waals surface area contributed by atoms with Crippen LogP contribution in [0.4, 0.5) is 0 Å². The van der Waals surface area contributed by atoms with Gasteiger partial charge in [0.05, 0.1) is 10.4 Å². The Bertz CT molecular complexity index is 394. The van der Waals surface area contributed by atoms with Crippen LogP contribution >= 0.6 is 23.5 Å². The van der Waals surface area contributed by atoms with Crippen molar-refractivity contribution in [2.24, 2.45) is 0 Å². The third-order valence-electron chi connectivity index (χ3n) is 4.47. The van der Waals surface area contributed by atoms with Crippen molar-refractivity contribution in [3.63, 3.8) is 0 Å². The Kier molecular flexibility index (Phi) is 8.23. The number of hydrogen-bond donors (Lipinski definition) is 0. The molecule has 2 nitrogen and oxygen atoms in total.